The number of rotatable bonds is 5. The lowest BCUT2D eigenvalue weighted by atomic mass is 10.3. The molecular weight excluding hydrogens is 287 g/mol. The minimum atomic E-state index is 0.163. The Balaban J connectivity index is 1.82. The quantitative estimate of drug-likeness (QED) is 0.843. The van der Waals surface area contributed by atoms with E-state index in [-0.39, 0.29) is 5.75 Å². The van der Waals surface area contributed by atoms with Gasteiger partial charge in [-0.25, -0.2) is 0 Å². The van der Waals surface area contributed by atoms with Gasteiger partial charge in [0.1, 0.15) is 35.5 Å². The average Bonchev–Trinajstić information content (AvgIpc) is 2.39. The fourth-order valence-electron chi connectivity index (χ4n) is 1.48. The van der Waals surface area contributed by atoms with E-state index in [0.717, 1.165) is 0 Å². The lowest BCUT2D eigenvalue weighted by Gasteiger charge is -2.10. The molecule has 0 bridgehead atoms. The molecule has 0 radical (unpaired) electrons. The molecule has 19 heavy (non-hydrogen) atoms. The maximum Gasteiger partial charge on any atom is 0.139 e. The summed E-state index contributed by atoms with van der Waals surface area (Å²) in [5.74, 6) is 1.27. The molecule has 0 aliphatic rings. The van der Waals surface area contributed by atoms with E-state index in [4.69, 9.17) is 32.7 Å². The molecule has 0 fully saturated rings. The summed E-state index contributed by atoms with van der Waals surface area (Å²) in [6.07, 6.45) is 0. The topological polar surface area (TPSA) is 38.7 Å². The van der Waals surface area contributed by atoms with E-state index >= 15 is 0 Å². The lowest BCUT2D eigenvalue weighted by Crippen LogP contribution is -2.09. The number of phenolic OH excluding ortho intramolecular Hbond substituents is 1. The van der Waals surface area contributed by atoms with Gasteiger partial charge in [0.05, 0.1) is 5.02 Å². The number of ether oxygens (including phenoxy) is 2. The monoisotopic (exact) mass is 298 g/mol. The van der Waals surface area contributed by atoms with E-state index in [2.05, 4.69) is 0 Å². The molecule has 0 amide bonds. The second-order valence-corrected chi connectivity index (χ2v) is 4.53. The Kier molecular flexibility index (Phi) is 4.77. The smallest absolute Gasteiger partial charge is 0.139 e. The van der Waals surface area contributed by atoms with Crippen LogP contribution in [0.4, 0.5) is 0 Å². The van der Waals surface area contributed by atoms with Crippen LogP contribution in [0.5, 0.6) is 17.2 Å². The summed E-state index contributed by atoms with van der Waals surface area (Å²) < 4.78 is 10.9. The van der Waals surface area contributed by atoms with Crippen molar-refractivity contribution in [3.63, 3.8) is 0 Å². The Hall–Kier alpha value is -1.58. The van der Waals surface area contributed by atoms with Crippen LogP contribution in [0.1, 0.15) is 0 Å². The van der Waals surface area contributed by atoms with Gasteiger partial charge in [-0.2, -0.15) is 0 Å². The van der Waals surface area contributed by atoms with Gasteiger partial charge in [0, 0.05) is 6.07 Å². The molecule has 100 valence electrons. The molecule has 0 spiro atoms. The SMILES string of the molecule is Oc1cccc(OCCOc2cccc(Cl)c2Cl)c1. The van der Waals surface area contributed by atoms with Crippen LogP contribution in [0, 0.1) is 0 Å². The van der Waals surface area contributed by atoms with Crippen molar-refractivity contribution in [2.24, 2.45) is 0 Å². The Bertz CT molecular complexity index is 558. The Morgan fingerprint density at radius 3 is 2.47 bits per heavy atom. The Labute approximate surface area is 121 Å². The van der Waals surface area contributed by atoms with Crippen LogP contribution in [0.3, 0.4) is 0 Å². The molecule has 0 aromatic heterocycles. The summed E-state index contributed by atoms with van der Waals surface area (Å²) in [6, 6.07) is 11.8. The minimum absolute atomic E-state index is 0.163. The first-order valence-electron chi connectivity index (χ1n) is 5.65. The Morgan fingerprint density at radius 1 is 0.947 bits per heavy atom. The molecule has 0 saturated carbocycles. The normalized spacial score (nSPS) is 10.2. The molecule has 0 atom stereocenters. The number of hydrogen-bond acceptors (Lipinski definition) is 3. The highest BCUT2D eigenvalue weighted by molar-refractivity contribution is 6.42. The first kappa shape index (κ1) is 13.8. The molecule has 1 N–H and O–H groups in total. The second kappa shape index (κ2) is 6.55. The largest absolute Gasteiger partial charge is 0.508 e. The third-order valence-corrected chi connectivity index (χ3v) is 3.14. The molecule has 0 saturated heterocycles. The van der Waals surface area contributed by atoms with Crippen LogP contribution in [0.2, 0.25) is 10.0 Å². The van der Waals surface area contributed by atoms with Crippen molar-refractivity contribution in [1.82, 2.24) is 0 Å². The van der Waals surface area contributed by atoms with Crippen molar-refractivity contribution in [3.8, 4) is 17.2 Å². The lowest BCUT2D eigenvalue weighted by molar-refractivity contribution is 0.217. The molecule has 2 aromatic carbocycles. The van der Waals surface area contributed by atoms with E-state index in [1.165, 1.54) is 6.07 Å². The van der Waals surface area contributed by atoms with Gasteiger partial charge in [-0.3, -0.25) is 0 Å². The molecule has 3 nitrogen and oxygen atoms in total. The van der Waals surface area contributed by atoms with Crippen LogP contribution < -0.4 is 9.47 Å². The first-order valence-corrected chi connectivity index (χ1v) is 6.41. The van der Waals surface area contributed by atoms with Crippen molar-refractivity contribution in [2.45, 2.75) is 0 Å². The molecule has 0 heterocycles. The van der Waals surface area contributed by atoms with E-state index < -0.39 is 0 Å². The van der Waals surface area contributed by atoms with Crippen LogP contribution >= 0.6 is 23.2 Å². The van der Waals surface area contributed by atoms with E-state index in [9.17, 15) is 5.11 Å². The molecular formula is C14H12Cl2O3. The van der Waals surface area contributed by atoms with Crippen molar-refractivity contribution in [2.75, 3.05) is 13.2 Å². The fourth-order valence-corrected chi connectivity index (χ4v) is 1.83. The van der Waals surface area contributed by atoms with Gasteiger partial charge in [0.15, 0.2) is 0 Å². The van der Waals surface area contributed by atoms with Gasteiger partial charge in [-0.15, -0.1) is 0 Å². The van der Waals surface area contributed by atoms with Gasteiger partial charge in [0.2, 0.25) is 0 Å². The molecule has 0 aliphatic carbocycles. The van der Waals surface area contributed by atoms with Crippen molar-refractivity contribution in [1.29, 1.82) is 0 Å². The van der Waals surface area contributed by atoms with Crippen LogP contribution in [-0.4, -0.2) is 18.3 Å². The number of phenols is 1. The zero-order chi connectivity index (χ0) is 13.7. The molecule has 2 rings (SSSR count). The second-order valence-electron chi connectivity index (χ2n) is 3.75. The summed E-state index contributed by atoms with van der Waals surface area (Å²) in [7, 11) is 0. The van der Waals surface area contributed by atoms with Crippen molar-refractivity contribution >= 4 is 23.2 Å². The van der Waals surface area contributed by atoms with E-state index in [1.54, 1.807) is 36.4 Å². The van der Waals surface area contributed by atoms with Gasteiger partial charge in [-0.1, -0.05) is 35.3 Å². The molecule has 5 heteroatoms. The summed E-state index contributed by atoms with van der Waals surface area (Å²) in [4.78, 5) is 0. The highest BCUT2D eigenvalue weighted by Gasteiger charge is 2.05. The van der Waals surface area contributed by atoms with E-state index in [0.29, 0.717) is 34.8 Å². The average molecular weight is 299 g/mol. The first-order chi connectivity index (χ1) is 9.16. The standard InChI is InChI=1S/C14H12Cl2O3/c15-12-5-2-6-13(14(12)16)19-8-7-18-11-4-1-3-10(17)9-11/h1-6,9,17H,7-8H2. The van der Waals surface area contributed by atoms with Crippen LogP contribution in [0.15, 0.2) is 42.5 Å². The highest BCUT2D eigenvalue weighted by Crippen LogP contribution is 2.31. The predicted molar refractivity (Wildman–Crippen MR) is 75.6 cm³/mol. The van der Waals surface area contributed by atoms with Crippen LogP contribution in [0.25, 0.3) is 0 Å². The Morgan fingerprint density at radius 2 is 1.68 bits per heavy atom. The highest BCUT2D eigenvalue weighted by atomic mass is 35.5. The van der Waals surface area contributed by atoms with Gasteiger partial charge in [-0.05, 0) is 24.3 Å². The van der Waals surface area contributed by atoms with Crippen LogP contribution in [-0.2, 0) is 0 Å². The predicted octanol–water partition coefficient (Wildman–Crippen LogP) is 4.16. The summed E-state index contributed by atoms with van der Waals surface area (Å²) >= 11 is 11.8. The third kappa shape index (κ3) is 3.94. The van der Waals surface area contributed by atoms with Gasteiger partial charge < -0.3 is 14.6 Å². The molecule has 0 unspecified atom stereocenters. The number of halogens is 2. The number of benzene rings is 2. The number of aromatic hydroxyl groups is 1. The minimum Gasteiger partial charge on any atom is -0.508 e. The summed E-state index contributed by atoms with van der Waals surface area (Å²) in [6.45, 7) is 0.669. The third-order valence-electron chi connectivity index (χ3n) is 2.34. The maximum atomic E-state index is 9.27. The fraction of sp³-hybridized carbons (Fsp3) is 0.143. The molecule has 2 aromatic rings. The van der Waals surface area contributed by atoms with Crippen molar-refractivity contribution in [3.05, 3.63) is 52.5 Å². The zero-order valence-corrected chi connectivity index (χ0v) is 11.5. The van der Waals surface area contributed by atoms with Gasteiger partial charge >= 0.3 is 0 Å². The number of hydrogen-bond donors (Lipinski definition) is 1. The molecule has 0 aliphatic heterocycles. The summed E-state index contributed by atoms with van der Waals surface area (Å²) in [5, 5.41) is 10.1. The summed E-state index contributed by atoms with van der Waals surface area (Å²) in [5.41, 5.74) is 0. The maximum absolute atomic E-state index is 9.27. The van der Waals surface area contributed by atoms with E-state index in [1.807, 2.05) is 0 Å². The van der Waals surface area contributed by atoms with Gasteiger partial charge in [0.25, 0.3) is 0 Å². The zero-order valence-electron chi connectivity index (χ0n) is 9.98. The van der Waals surface area contributed by atoms with Crippen molar-refractivity contribution < 1.29 is 14.6 Å².